The van der Waals surface area contributed by atoms with Crippen LogP contribution in [-0.4, -0.2) is 53.7 Å². The fraction of sp³-hybridized carbons (Fsp3) is 0.375. The van der Waals surface area contributed by atoms with Crippen LogP contribution in [0.4, 0.5) is 0 Å². The van der Waals surface area contributed by atoms with Gasteiger partial charge in [-0.3, -0.25) is 19.1 Å². The van der Waals surface area contributed by atoms with E-state index < -0.39 is 21.1 Å². The molecule has 9 nitrogen and oxygen atoms in total. The Morgan fingerprint density at radius 1 is 1.19 bits per heavy atom. The third-order valence-corrected chi connectivity index (χ3v) is 9.09. The van der Waals surface area contributed by atoms with Crippen LogP contribution in [0.3, 0.4) is 0 Å². The van der Waals surface area contributed by atoms with E-state index in [1.165, 1.54) is 32.0 Å². The number of H-pyrrole nitrogens is 1. The molecule has 0 bridgehead atoms. The van der Waals surface area contributed by atoms with Gasteiger partial charge in [-0.15, -0.1) is 0 Å². The first kappa shape index (κ1) is 26.6. The molecule has 2 N–H and O–H groups in total. The second-order valence-electron chi connectivity index (χ2n) is 8.89. The summed E-state index contributed by atoms with van der Waals surface area (Å²) in [5.41, 5.74) is 0.379. The maximum Gasteiger partial charge on any atom is 0.329 e. The number of nitrogens with one attached hydrogen (secondary N) is 2. The van der Waals surface area contributed by atoms with Crippen LogP contribution in [0.25, 0.3) is 10.9 Å². The molecule has 0 radical (unpaired) electrons. The Morgan fingerprint density at radius 3 is 2.64 bits per heavy atom. The Bertz CT molecular complexity index is 1570. The number of carbonyl (C=O) groups is 1. The lowest BCUT2D eigenvalue weighted by Crippen LogP contribution is -2.36. The molecular formula is C24H26BrClN4O5S. The Balaban J connectivity index is 1.68. The van der Waals surface area contributed by atoms with E-state index in [-0.39, 0.29) is 34.7 Å². The van der Waals surface area contributed by atoms with Crippen molar-refractivity contribution in [3.8, 4) is 0 Å². The number of halogens is 2. The number of rotatable bonds is 7. The van der Waals surface area contributed by atoms with Crippen molar-refractivity contribution in [2.45, 2.75) is 44.3 Å². The van der Waals surface area contributed by atoms with Gasteiger partial charge in [-0.25, -0.2) is 13.2 Å². The average Bonchev–Trinajstić information content (AvgIpc) is 3.24. The topological polar surface area (TPSA) is 121 Å². The first-order valence-electron chi connectivity index (χ1n) is 11.4. The fourth-order valence-corrected chi connectivity index (χ4v) is 6.28. The maximum absolute atomic E-state index is 13.3. The van der Waals surface area contributed by atoms with Gasteiger partial charge >= 0.3 is 5.69 Å². The van der Waals surface area contributed by atoms with Crippen molar-refractivity contribution in [1.29, 1.82) is 0 Å². The van der Waals surface area contributed by atoms with E-state index in [4.69, 9.17) is 11.6 Å². The van der Waals surface area contributed by atoms with Crippen molar-refractivity contribution in [2.24, 2.45) is 0 Å². The molecule has 1 aromatic heterocycles. The van der Waals surface area contributed by atoms with E-state index in [9.17, 15) is 22.8 Å². The fourth-order valence-electron chi connectivity index (χ4n) is 4.51. The van der Waals surface area contributed by atoms with Crippen LogP contribution in [0, 0.1) is 0 Å². The van der Waals surface area contributed by atoms with E-state index in [1.54, 1.807) is 12.1 Å². The molecule has 3 aromatic rings. The molecular weight excluding hydrogens is 572 g/mol. The molecule has 1 saturated heterocycles. The molecule has 1 aliphatic rings. The highest BCUT2D eigenvalue weighted by atomic mass is 79.9. The molecule has 2 heterocycles. The van der Waals surface area contributed by atoms with Gasteiger partial charge in [0.25, 0.3) is 5.56 Å². The zero-order valence-electron chi connectivity index (χ0n) is 19.8. The number of aromatic amines is 1. The number of carbonyl (C=O) groups excluding carboxylic acids is 1. The first-order chi connectivity index (χ1) is 17.0. The first-order valence-corrected chi connectivity index (χ1v) is 14.3. The normalized spacial score (nSPS) is 16.5. The highest BCUT2D eigenvalue weighted by Gasteiger charge is 2.24. The number of sulfone groups is 1. The number of nitrogens with zero attached hydrogens (tertiary/aromatic N) is 2. The summed E-state index contributed by atoms with van der Waals surface area (Å²) < 4.78 is 26.8. The summed E-state index contributed by atoms with van der Waals surface area (Å²) in [6, 6.07) is 7.87. The second kappa shape index (κ2) is 10.5. The molecule has 192 valence electrons. The molecule has 0 saturated carbocycles. The highest BCUT2D eigenvalue weighted by molar-refractivity contribution is 9.10. The number of amides is 1. The van der Waals surface area contributed by atoms with E-state index >= 15 is 0 Å². The molecule has 1 unspecified atom stereocenters. The van der Waals surface area contributed by atoms with Crippen molar-refractivity contribution in [1.82, 2.24) is 19.8 Å². The molecule has 36 heavy (non-hydrogen) atoms. The van der Waals surface area contributed by atoms with Crippen molar-refractivity contribution in [3.05, 3.63) is 71.8 Å². The van der Waals surface area contributed by atoms with Gasteiger partial charge in [0.2, 0.25) is 5.91 Å². The lowest BCUT2D eigenvalue weighted by molar-refractivity contribution is -0.119. The van der Waals surface area contributed by atoms with Gasteiger partial charge in [-0.05, 0) is 47.9 Å². The summed E-state index contributed by atoms with van der Waals surface area (Å²) >= 11 is 9.64. The van der Waals surface area contributed by atoms with Crippen molar-refractivity contribution < 1.29 is 13.2 Å². The van der Waals surface area contributed by atoms with E-state index in [1.807, 2.05) is 0 Å². The van der Waals surface area contributed by atoms with Gasteiger partial charge in [0.1, 0.15) is 0 Å². The van der Waals surface area contributed by atoms with Crippen LogP contribution >= 0.6 is 27.5 Å². The third-order valence-electron chi connectivity index (χ3n) is 6.29. The van der Waals surface area contributed by atoms with Gasteiger partial charge < -0.3 is 10.3 Å². The van der Waals surface area contributed by atoms with Crippen molar-refractivity contribution in [2.75, 3.05) is 18.8 Å². The Kier molecular flexibility index (Phi) is 7.75. The van der Waals surface area contributed by atoms with Crippen LogP contribution in [0.5, 0.6) is 0 Å². The lowest BCUT2D eigenvalue weighted by atomic mass is 10.1. The quantitative estimate of drug-likeness (QED) is 0.432. The van der Waals surface area contributed by atoms with Crippen LogP contribution in [0.15, 0.2) is 49.3 Å². The van der Waals surface area contributed by atoms with Crippen LogP contribution in [0.1, 0.15) is 31.4 Å². The summed E-state index contributed by atoms with van der Waals surface area (Å²) in [5, 5.41) is 3.54. The van der Waals surface area contributed by atoms with Crippen molar-refractivity contribution >= 4 is 54.2 Å². The summed E-state index contributed by atoms with van der Waals surface area (Å²) in [6.45, 7) is 4.90. The molecule has 1 amide bonds. The van der Waals surface area contributed by atoms with Gasteiger partial charge in [0.05, 0.1) is 28.1 Å². The number of fused-ring (bicyclic) bond motifs is 1. The van der Waals surface area contributed by atoms with Crippen LogP contribution in [0.2, 0.25) is 5.02 Å². The number of hydrogen-bond donors (Lipinski definition) is 2. The predicted molar refractivity (Wildman–Crippen MR) is 142 cm³/mol. The zero-order chi connectivity index (χ0) is 26.2. The summed E-state index contributed by atoms with van der Waals surface area (Å²) in [5.74, 6) is -0.178. The van der Waals surface area contributed by atoms with Gasteiger partial charge in [0, 0.05) is 42.1 Å². The molecule has 0 aliphatic carbocycles. The maximum atomic E-state index is 13.3. The monoisotopic (exact) mass is 596 g/mol. The minimum Gasteiger partial charge on any atom is -0.352 e. The van der Waals surface area contributed by atoms with Crippen molar-refractivity contribution in [3.63, 3.8) is 0 Å². The minimum atomic E-state index is -3.59. The van der Waals surface area contributed by atoms with E-state index in [0.29, 0.717) is 33.5 Å². The van der Waals surface area contributed by atoms with Gasteiger partial charge in [-0.2, -0.15) is 0 Å². The molecule has 2 aromatic carbocycles. The van der Waals surface area contributed by atoms with E-state index in [2.05, 4.69) is 31.1 Å². The number of likely N-dealkylation sites (tertiary alicyclic amines) is 1. The molecule has 4 rings (SSSR count). The number of aromatic nitrogens is 2. The summed E-state index contributed by atoms with van der Waals surface area (Å²) in [6.07, 6.45) is 0.853. The molecule has 12 heteroatoms. The summed E-state index contributed by atoms with van der Waals surface area (Å²) in [4.78, 5) is 42.6. The highest BCUT2D eigenvalue weighted by Crippen LogP contribution is 2.25. The largest absolute Gasteiger partial charge is 0.352 e. The number of hydrogen-bond acceptors (Lipinski definition) is 6. The lowest BCUT2D eigenvalue weighted by Gasteiger charge is -2.18. The van der Waals surface area contributed by atoms with E-state index in [0.717, 1.165) is 23.1 Å². The SMILES string of the molecule is CCS(=O)(=O)c1ccc(Cl)cc1Cn1c(=O)[nH]c2cc(CN3CCC(NC(C)=O)C3)c(Br)cc2c1=O. The zero-order valence-corrected chi connectivity index (χ0v) is 23.0. The predicted octanol–water partition coefficient (Wildman–Crippen LogP) is 2.66. The minimum absolute atomic E-state index is 0.0421. The molecule has 1 aliphatic heterocycles. The average molecular weight is 598 g/mol. The Labute approximate surface area is 221 Å². The smallest absolute Gasteiger partial charge is 0.329 e. The third kappa shape index (κ3) is 5.59. The molecule has 1 fully saturated rings. The molecule has 0 spiro atoms. The van der Waals surface area contributed by atoms with Crippen LogP contribution < -0.4 is 16.6 Å². The Hall–Kier alpha value is -2.47. The van der Waals surface area contributed by atoms with Gasteiger partial charge in [-0.1, -0.05) is 34.5 Å². The molecule has 1 atom stereocenters. The number of benzene rings is 2. The summed E-state index contributed by atoms with van der Waals surface area (Å²) in [7, 11) is -3.59. The second-order valence-corrected chi connectivity index (χ2v) is 12.4. The Morgan fingerprint density at radius 2 is 1.94 bits per heavy atom. The standard InChI is InChI=1S/C24H26BrClN4O5S/c1-3-36(34,35)22-5-4-17(26)8-16(22)12-30-23(32)19-10-20(25)15(9-21(19)28-24(30)33)11-29-7-6-18(13-29)27-14(2)31/h4-5,8-10,18H,3,6-7,11-13H2,1-2H3,(H,27,31)(H,28,33). The van der Waals surface area contributed by atoms with Crippen LogP contribution in [-0.2, 0) is 27.7 Å². The van der Waals surface area contributed by atoms with Gasteiger partial charge in [0.15, 0.2) is 9.84 Å².